The molecular weight excluding hydrogens is 432 g/mol. The first-order chi connectivity index (χ1) is 16.1. The summed E-state index contributed by atoms with van der Waals surface area (Å²) < 4.78 is 0. The molecule has 0 aliphatic carbocycles. The number of pyridine rings is 3. The Hall–Kier alpha value is -4.17. The van der Waals surface area contributed by atoms with Crippen molar-refractivity contribution >= 4 is 39.1 Å². The van der Waals surface area contributed by atoms with Crippen molar-refractivity contribution < 1.29 is 4.79 Å². The molecule has 0 fully saturated rings. The van der Waals surface area contributed by atoms with Crippen LogP contribution in [0.2, 0.25) is 0 Å². The normalized spacial score (nSPS) is 11.5. The first-order valence-corrected chi connectivity index (χ1v) is 11.2. The van der Waals surface area contributed by atoms with Gasteiger partial charge in [0.1, 0.15) is 11.3 Å². The van der Waals surface area contributed by atoms with Crippen LogP contribution in [-0.4, -0.2) is 35.9 Å². The number of nitrogens with one attached hydrogen (secondary N) is 2. The second-order valence-electron chi connectivity index (χ2n) is 7.90. The number of carbonyl (C=O) groups is 1. The number of aromatic nitrogens is 6. The lowest BCUT2D eigenvalue weighted by Gasteiger charge is -2.04. The number of nitrogens with zero attached hydrogens (tertiary/aromatic N) is 4. The average Bonchev–Trinajstić information content (AvgIpc) is 3.56. The van der Waals surface area contributed by atoms with Gasteiger partial charge in [-0.3, -0.25) is 19.9 Å². The number of carbonyl (C=O) groups excluding carboxylic acids is 1. The Labute approximate surface area is 192 Å². The smallest absolute Gasteiger partial charge is 0.169 e. The van der Waals surface area contributed by atoms with Gasteiger partial charge in [-0.2, -0.15) is 5.10 Å². The third kappa shape index (κ3) is 3.23. The van der Waals surface area contributed by atoms with E-state index in [0.29, 0.717) is 0 Å². The van der Waals surface area contributed by atoms with E-state index in [-0.39, 0.29) is 5.78 Å². The summed E-state index contributed by atoms with van der Waals surface area (Å²) in [6.07, 6.45) is 7.19. The standard InChI is InChI=1S/C25H18N6OS/c1-13-5-7-26-11-18(13)19-10-17-21(12-28-19)30-31-24(17)20-9-16-15(6-8-27-25(16)29-20)23-4-3-22(33-23)14(2)32/h3-12H,1-2H3,(H,27,29)(H,30,31). The van der Waals surface area contributed by atoms with Gasteiger partial charge in [-0.15, -0.1) is 11.3 Å². The number of H-pyrrole nitrogens is 2. The molecule has 6 aromatic rings. The lowest BCUT2D eigenvalue weighted by molar-refractivity contribution is 0.102. The fourth-order valence-corrected chi connectivity index (χ4v) is 4.98. The van der Waals surface area contributed by atoms with Crippen LogP contribution >= 0.6 is 11.3 Å². The van der Waals surface area contributed by atoms with Gasteiger partial charge in [0, 0.05) is 45.4 Å². The van der Waals surface area contributed by atoms with Gasteiger partial charge in [-0.05, 0) is 55.8 Å². The molecule has 0 unspecified atom stereocenters. The summed E-state index contributed by atoms with van der Waals surface area (Å²) >= 11 is 1.49. The quantitative estimate of drug-likeness (QED) is 0.331. The number of Topliss-reactive ketones (excluding diaryl/α,β-unsaturated/α-hetero) is 1. The Balaban J connectivity index is 1.49. The van der Waals surface area contributed by atoms with Crippen LogP contribution < -0.4 is 0 Å². The van der Waals surface area contributed by atoms with Crippen LogP contribution in [0, 0.1) is 6.92 Å². The van der Waals surface area contributed by atoms with Crippen molar-refractivity contribution in [1.82, 2.24) is 30.1 Å². The van der Waals surface area contributed by atoms with Gasteiger partial charge in [-0.25, -0.2) is 4.98 Å². The number of fused-ring (bicyclic) bond motifs is 2. The molecule has 7 nitrogen and oxygen atoms in total. The maximum absolute atomic E-state index is 11.8. The Bertz CT molecular complexity index is 1680. The lowest BCUT2D eigenvalue weighted by atomic mass is 10.1. The molecule has 0 aromatic carbocycles. The van der Waals surface area contributed by atoms with Crippen molar-refractivity contribution in [3.8, 4) is 33.1 Å². The summed E-state index contributed by atoms with van der Waals surface area (Å²) in [5, 5.41) is 9.60. The third-order valence-electron chi connectivity index (χ3n) is 5.77. The molecule has 33 heavy (non-hydrogen) atoms. The zero-order valence-corrected chi connectivity index (χ0v) is 18.7. The maximum Gasteiger partial charge on any atom is 0.169 e. The number of aryl methyl sites for hydroxylation is 1. The lowest BCUT2D eigenvalue weighted by Crippen LogP contribution is -1.88. The van der Waals surface area contributed by atoms with Crippen molar-refractivity contribution in [1.29, 1.82) is 0 Å². The third-order valence-corrected chi connectivity index (χ3v) is 6.99. The topological polar surface area (TPSA) is 100 Å². The molecule has 0 saturated carbocycles. The zero-order valence-electron chi connectivity index (χ0n) is 17.9. The highest BCUT2D eigenvalue weighted by molar-refractivity contribution is 7.17. The number of thiophene rings is 1. The molecule has 6 aromatic heterocycles. The molecule has 160 valence electrons. The number of hydrogen-bond acceptors (Lipinski definition) is 6. The van der Waals surface area contributed by atoms with E-state index in [2.05, 4.69) is 36.2 Å². The summed E-state index contributed by atoms with van der Waals surface area (Å²) in [5.74, 6) is 0.0718. The molecule has 0 saturated heterocycles. The fraction of sp³-hybridized carbons (Fsp3) is 0.0800. The largest absolute Gasteiger partial charge is 0.338 e. The molecule has 0 bridgehead atoms. The van der Waals surface area contributed by atoms with E-state index in [0.717, 1.165) is 65.5 Å². The highest BCUT2D eigenvalue weighted by Crippen LogP contribution is 2.36. The Kier molecular flexibility index (Phi) is 4.41. The van der Waals surface area contributed by atoms with Crippen LogP contribution in [0.5, 0.6) is 0 Å². The van der Waals surface area contributed by atoms with E-state index in [9.17, 15) is 4.79 Å². The number of rotatable bonds is 4. The van der Waals surface area contributed by atoms with Crippen molar-refractivity contribution in [2.45, 2.75) is 13.8 Å². The van der Waals surface area contributed by atoms with Gasteiger partial charge in [0.05, 0.1) is 28.0 Å². The van der Waals surface area contributed by atoms with Crippen molar-refractivity contribution in [3.05, 3.63) is 71.6 Å². The van der Waals surface area contributed by atoms with Gasteiger partial charge in [0.25, 0.3) is 0 Å². The highest BCUT2D eigenvalue weighted by Gasteiger charge is 2.16. The van der Waals surface area contributed by atoms with Crippen LogP contribution in [-0.2, 0) is 0 Å². The van der Waals surface area contributed by atoms with E-state index in [1.54, 1.807) is 25.5 Å². The first-order valence-electron chi connectivity index (χ1n) is 10.4. The molecule has 6 heterocycles. The highest BCUT2D eigenvalue weighted by atomic mass is 32.1. The van der Waals surface area contributed by atoms with Crippen LogP contribution in [0.4, 0.5) is 0 Å². The predicted molar refractivity (Wildman–Crippen MR) is 130 cm³/mol. The zero-order chi connectivity index (χ0) is 22.5. The molecule has 0 aliphatic heterocycles. The molecule has 6 rings (SSSR count). The average molecular weight is 451 g/mol. The Morgan fingerprint density at radius 2 is 1.88 bits per heavy atom. The second-order valence-corrected chi connectivity index (χ2v) is 8.99. The molecule has 0 amide bonds. The number of hydrogen-bond donors (Lipinski definition) is 2. The summed E-state index contributed by atoms with van der Waals surface area (Å²) in [6, 6.07) is 11.9. The van der Waals surface area contributed by atoms with E-state index < -0.39 is 0 Å². The maximum atomic E-state index is 11.8. The van der Waals surface area contributed by atoms with Gasteiger partial charge in [-0.1, -0.05) is 0 Å². The monoisotopic (exact) mass is 450 g/mol. The molecule has 0 aliphatic rings. The molecule has 0 radical (unpaired) electrons. The molecular formula is C25H18N6OS. The summed E-state index contributed by atoms with van der Waals surface area (Å²) in [5.41, 5.74) is 7.28. The fourth-order valence-electron chi connectivity index (χ4n) is 4.04. The molecule has 0 spiro atoms. The van der Waals surface area contributed by atoms with Gasteiger partial charge in [0.15, 0.2) is 5.78 Å². The van der Waals surface area contributed by atoms with Gasteiger partial charge in [0.2, 0.25) is 0 Å². The van der Waals surface area contributed by atoms with Gasteiger partial charge < -0.3 is 4.98 Å². The van der Waals surface area contributed by atoms with E-state index >= 15 is 0 Å². The van der Waals surface area contributed by atoms with Crippen molar-refractivity contribution in [3.63, 3.8) is 0 Å². The molecule has 0 atom stereocenters. The van der Waals surface area contributed by atoms with Crippen LogP contribution in [0.1, 0.15) is 22.2 Å². The van der Waals surface area contributed by atoms with E-state index in [1.807, 2.05) is 43.5 Å². The summed E-state index contributed by atoms with van der Waals surface area (Å²) in [7, 11) is 0. The van der Waals surface area contributed by atoms with Crippen LogP contribution in [0.25, 0.3) is 55.0 Å². The van der Waals surface area contributed by atoms with E-state index in [1.165, 1.54) is 11.3 Å². The minimum absolute atomic E-state index is 0.0718. The van der Waals surface area contributed by atoms with Gasteiger partial charge >= 0.3 is 0 Å². The van der Waals surface area contributed by atoms with E-state index in [4.69, 9.17) is 0 Å². The molecule has 2 N–H and O–H groups in total. The Morgan fingerprint density at radius 3 is 2.70 bits per heavy atom. The van der Waals surface area contributed by atoms with Crippen molar-refractivity contribution in [2.24, 2.45) is 0 Å². The first kappa shape index (κ1) is 19.5. The summed E-state index contributed by atoms with van der Waals surface area (Å²) in [6.45, 7) is 3.64. The number of ketones is 1. The number of aromatic amines is 2. The van der Waals surface area contributed by atoms with Crippen LogP contribution in [0.3, 0.4) is 0 Å². The summed E-state index contributed by atoms with van der Waals surface area (Å²) in [4.78, 5) is 30.3. The minimum atomic E-state index is 0.0718. The van der Waals surface area contributed by atoms with Crippen LogP contribution in [0.15, 0.2) is 61.2 Å². The minimum Gasteiger partial charge on any atom is -0.338 e. The Morgan fingerprint density at radius 1 is 0.970 bits per heavy atom. The SMILES string of the molecule is CC(=O)c1ccc(-c2ccnc3[nH]c(-c4n[nH]c5cnc(-c6cnccc6C)cc45)cc23)s1. The second kappa shape index (κ2) is 7.46. The molecule has 8 heteroatoms. The predicted octanol–water partition coefficient (Wildman–Crippen LogP) is 5.80. The van der Waals surface area contributed by atoms with Crippen molar-refractivity contribution in [2.75, 3.05) is 0 Å².